The molecule has 0 atom stereocenters. The van der Waals surface area contributed by atoms with Crippen molar-refractivity contribution < 1.29 is 17.2 Å². The van der Waals surface area contributed by atoms with Crippen molar-refractivity contribution >= 4 is 27.0 Å². The Morgan fingerprint density at radius 3 is 2.34 bits per heavy atom. The van der Waals surface area contributed by atoms with E-state index in [-0.39, 0.29) is 18.0 Å². The fourth-order valence-electron chi connectivity index (χ4n) is 3.65. The van der Waals surface area contributed by atoms with Crippen LogP contribution in [0.3, 0.4) is 0 Å². The number of anilines is 1. The molecule has 1 aliphatic rings. The van der Waals surface area contributed by atoms with E-state index < -0.39 is 21.7 Å². The molecular weight excluding hydrogens is 440 g/mol. The lowest BCUT2D eigenvalue weighted by atomic mass is 10.3. The maximum absolute atomic E-state index is 13.6. The lowest BCUT2D eigenvalue weighted by Crippen LogP contribution is -2.49. The van der Waals surface area contributed by atoms with Gasteiger partial charge in [-0.2, -0.15) is 8.99 Å². The van der Waals surface area contributed by atoms with Crippen LogP contribution in [0.5, 0.6) is 0 Å². The molecule has 2 aromatic heterocycles. The maximum Gasteiger partial charge on any atom is 0.243 e. The third-order valence-corrected chi connectivity index (χ3v) is 7.17. The summed E-state index contributed by atoms with van der Waals surface area (Å²) in [5.74, 6) is -0.372. The third kappa shape index (κ3) is 3.56. The molecule has 0 N–H and O–H groups in total. The van der Waals surface area contributed by atoms with Crippen LogP contribution < -0.4 is 4.90 Å². The second kappa shape index (κ2) is 7.88. The molecule has 0 saturated carbocycles. The zero-order valence-corrected chi connectivity index (χ0v) is 17.5. The molecule has 0 amide bonds. The summed E-state index contributed by atoms with van der Waals surface area (Å²) >= 11 is 0. The Morgan fingerprint density at radius 1 is 0.875 bits per heavy atom. The Kier molecular flexibility index (Phi) is 5.02. The van der Waals surface area contributed by atoms with Gasteiger partial charge in [-0.3, -0.25) is 0 Å². The molecule has 2 aromatic carbocycles. The Morgan fingerprint density at radius 2 is 1.62 bits per heavy atom. The quantitative estimate of drug-likeness (QED) is 0.462. The predicted octanol–water partition coefficient (Wildman–Crippen LogP) is 2.00. The molecular formula is C20H17F2N7O2S. The van der Waals surface area contributed by atoms with Crippen LogP contribution in [0.25, 0.3) is 16.9 Å². The third-order valence-electron chi connectivity index (χ3n) is 5.26. The molecule has 0 bridgehead atoms. The van der Waals surface area contributed by atoms with Crippen molar-refractivity contribution in [3.05, 3.63) is 66.5 Å². The van der Waals surface area contributed by atoms with E-state index in [4.69, 9.17) is 0 Å². The first-order chi connectivity index (χ1) is 15.4. The number of aromatic nitrogens is 5. The highest BCUT2D eigenvalue weighted by molar-refractivity contribution is 7.89. The van der Waals surface area contributed by atoms with E-state index in [0.29, 0.717) is 35.8 Å². The predicted molar refractivity (Wildman–Crippen MR) is 112 cm³/mol. The van der Waals surface area contributed by atoms with Crippen LogP contribution in [-0.4, -0.2) is 63.9 Å². The highest BCUT2D eigenvalue weighted by Crippen LogP contribution is 2.25. The van der Waals surface area contributed by atoms with Crippen molar-refractivity contribution in [3.8, 4) is 5.69 Å². The average Bonchev–Trinajstić information content (AvgIpc) is 3.24. The van der Waals surface area contributed by atoms with E-state index in [1.807, 2.05) is 4.90 Å². The SMILES string of the molecule is O=S(=O)(c1ccc(F)cc1)N1CCN(c2ncnc3c2nnn3-c2cccc(F)c2)CC1. The molecule has 164 valence electrons. The molecule has 3 heterocycles. The van der Waals surface area contributed by atoms with Gasteiger partial charge in [-0.05, 0) is 42.5 Å². The van der Waals surface area contributed by atoms with E-state index in [1.54, 1.807) is 12.1 Å². The van der Waals surface area contributed by atoms with Crippen molar-refractivity contribution in [1.82, 2.24) is 29.3 Å². The fourth-order valence-corrected chi connectivity index (χ4v) is 5.07. The summed E-state index contributed by atoms with van der Waals surface area (Å²) in [6, 6.07) is 10.7. The van der Waals surface area contributed by atoms with Crippen molar-refractivity contribution in [2.45, 2.75) is 4.90 Å². The summed E-state index contributed by atoms with van der Waals surface area (Å²) in [5, 5.41) is 8.28. The summed E-state index contributed by atoms with van der Waals surface area (Å²) in [6.07, 6.45) is 1.37. The molecule has 1 saturated heterocycles. The molecule has 4 aromatic rings. The molecule has 5 rings (SSSR count). The van der Waals surface area contributed by atoms with Gasteiger partial charge in [0.15, 0.2) is 17.0 Å². The van der Waals surface area contributed by atoms with Crippen LogP contribution in [-0.2, 0) is 10.0 Å². The van der Waals surface area contributed by atoms with Gasteiger partial charge < -0.3 is 4.90 Å². The van der Waals surface area contributed by atoms with Gasteiger partial charge in [0.25, 0.3) is 0 Å². The number of rotatable bonds is 4. The minimum Gasteiger partial charge on any atom is -0.352 e. The van der Waals surface area contributed by atoms with Gasteiger partial charge in [0.05, 0.1) is 10.6 Å². The van der Waals surface area contributed by atoms with E-state index in [0.717, 1.165) is 12.1 Å². The maximum atomic E-state index is 13.6. The average molecular weight is 457 g/mol. The van der Waals surface area contributed by atoms with Gasteiger partial charge in [-0.15, -0.1) is 5.10 Å². The monoisotopic (exact) mass is 457 g/mol. The Balaban J connectivity index is 1.39. The Labute approximate surface area is 182 Å². The van der Waals surface area contributed by atoms with Gasteiger partial charge in [-0.25, -0.2) is 27.2 Å². The summed E-state index contributed by atoms with van der Waals surface area (Å²) in [5.41, 5.74) is 1.33. The van der Waals surface area contributed by atoms with E-state index >= 15 is 0 Å². The number of fused-ring (bicyclic) bond motifs is 1. The molecule has 12 heteroatoms. The summed E-state index contributed by atoms with van der Waals surface area (Å²) in [4.78, 5) is 10.5. The van der Waals surface area contributed by atoms with Crippen LogP contribution in [0.15, 0.2) is 59.8 Å². The van der Waals surface area contributed by atoms with E-state index in [9.17, 15) is 17.2 Å². The second-order valence-corrected chi connectivity index (χ2v) is 9.13. The van der Waals surface area contributed by atoms with E-state index in [1.165, 1.54) is 39.6 Å². The first-order valence-corrected chi connectivity index (χ1v) is 11.2. The van der Waals surface area contributed by atoms with Crippen LogP contribution in [0.1, 0.15) is 0 Å². The first-order valence-electron chi connectivity index (χ1n) is 9.76. The molecule has 9 nitrogen and oxygen atoms in total. The van der Waals surface area contributed by atoms with E-state index in [2.05, 4.69) is 20.3 Å². The van der Waals surface area contributed by atoms with Crippen LogP contribution in [0.4, 0.5) is 14.6 Å². The van der Waals surface area contributed by atoms with Gasteiger partial charge in [0, 0.05) is 26.2 Å². The topological polar surface area (TPSA) is 97.1 Å². The highest BCUT2D eigenvalue weighted by Gasteiger charge is 2.30. The molecule has 0 unspecified atom stereocenters. The number of nitrogens with zero attached hydrogens (tertiary/aromatic N) is 7. The molecule has 0 aliphatic carbocycles. The standard InChI is InChI=1S/C20H17F2N7O2S/c21-14-4-6-17(7-5-14)32(30,31)28-10-8-27(9-11-28)19-18-20(24-13-23-19)29(26-25-18)16-3-1-2-15(22)12-16/h1-7,12-13H,8-11H2. The van der Waals surface area contributed by atoms with Gasteiger partial charge in [0.2, 0.25) is 10.0 Å². The van der Waals surface area contributed by atoms with Gasteiger partial charge >= 0.3 is 0 Å². The number of piperazine rings is 1. The van der Waals surface area contributed by atoms with Crippen molar-refractivity contribution in [2.75, 3.05) is 31.1 Å². The lowest BCUT2D eigenvalue weighted by molar-refractivity contribution is 0.384. The first kappa shape index (κ1) is 20.4. The van der Waals surface area contributed by atoms with Crippen molar-refractivity contribution in [2.24, 2.45) is 0 Å². The van der Waals surface area contributed by atoms with Crippen LogP contribution in [0, 0.1) is 11.6 Å². The Hall–Kier alpha value is -3.51. The molecule has 0 spiro atoms. The second-order valence-electron chi connectivity index (χ2n) is 7.20. The van der Waals surface area contributed by atoms with Crippen molar-refractivity contribution in [1.29, 1.82) is 0 Å². The summed E-state index contributed by atoms with van der Waals surface area (Å²) in [7, 11) is -3.72. The van der Waals surface area contributed by atoms with Crippen molar-refractivity contribution in [3.63, 3.8) is 0 Å². The number of hydrogen-bond acceptors (Lipinski definition) is 7. The smallest absolute Gasteiger partial charge is 0.243 e. The number of sulfonamides is 1. The lowest BCUT2D eigenvalue weighted by Gasteiger charge is -2.34. The fraction of sp³-hybridized carbons (Fsp3) is 0.200. The minimum absolute atomic E-state index is 0.0508. The minimum atomic E-state index is -3.72. The van der Waals surface area contributed by atoms with Crippen LogP contribution in [0.2, 0.25) is 0 Å². The summed E-state index contributed by atoms with van der Waals surface area (Å²) in [6.45, 7) is 1.20. The molecule has 1 fully saturated rings. The highest BCUT2D eigenvalue weighted by atomic mass is 32.2. The van der Waals surface area contributed by atoms with Crippen LogP contribution >= 0.6 is 0 Å². The molecule has 0 radical (unpaired) electrons. The largest absolute Gasteiger partial charge is 0.352 e. The van der Waals surface area contributed by atoms with Gasteiger partial charge in [0.1, 0.15) is 18.0 Å². The van der Waals surface area contributed by atoms with Gasteiger partial charge in [-0.1, -0.05) is 11.3 Å². The normalized spacial score (nSPS) is 15.4. The molecule has 32 heavy (non-hydrogen) atoms. The number of benzene rings is 2. The molecule has 1 aliphatic heterocycles. The number of hydrogen-bond donors (Lipinski definition) is 0. The summed E-state index contributed by atoms with van der Waals surface area (Å²) < 4.78 is 55.3. The zero-order valence-electron chi connectivity index (χ0n) is 16.6. The zero-order chi connectivity index (χ0) is 22.3. The number of halogens is 2. The Bertz CT molecular complexity index is 1380.